The molecule has 0 unspecified atom stereocenters. The van der Waals surface area contributed by atoms with Crippen LogP contribution in [-0.4, -0.2) is 32.5 Å². The standard InChI is InChI=1S/C13H19N3O2S/c1-10(11-4-6-12(18-3)7-5-11)15-16-13(19)14-8-9-17-2/h4-7,15H,1,8-9H2,2-3H3,(H2,14,16,19). The first-order valence-electron chi connectivity index (χ1n) is 5.79. The average molecular weight is 281 g/mol. The molecule has 1 aromatic carbocycles. The van der Waals surface area contributed by atoms with E-state index in [1.165, 1.54) is 0 Å². The van der Waals surface area contributed by atoms with E-state index in [-0.39, 0.29) is 0 Å². The van der Waals surface area contributed by atoms with E-state index in [9.17, 15) is 0 Å². The summed E-state index contributed by atoms with van der Waals surface area (Å²) in [4.78, 5) is 0. The minimum absolute atomic E-state index is 0.492. The SMILES string of the molecule is C=C(NNC(=S)NCCOC)c1ccc(OC)cc1. The van der Waals surface area contributed by atoms with Gasteiger partial charge >= 0.3 is 0 Å². The van der Waals surface area contributed by atoms with Crippen LogP contribution in [0.3, 0.4) is 0 Å². The Morgan fingerprint density at radius 3 is 2.47 bits per heavy atom. The first-order valence-corrected chi connectivity index (χ1v) is 6.20. The van der Waals surface area contributed by atoms with Gasteiger partial charge in [0, 0.05) is 13.7 Å². The Bertz CT molecular complexity index is 420. The second-order valence-electron chi connectivity index (χ2n) is 3.71. The van der Waals surface area contributed by atoms with Gasteiger partial charge in [-0.25, -0.2) is 0 Å². The van der Waals surface area contributed by atoms with E-state index in [1.807, 2.05) is 24.3 Å². The third-order valence-corrected chi connectivity index (χ3v) is 2.60. The number of hydrogen-bond acceptors (Lipinski definition) is 4. The van der Waals surface area contributed by atoms with Gasteiger partial charge in [-0.1, -0.05) is 6.58 Å². The van der Waals surface area contributed by atoms with E-state index in [0.29, 0.717) is 18.3 Å². The zero-order valence-electron chi connectivity index (χ0n) is 11.2. The normalized spacial score (nSPS) is 9.58. The summed E-state index contributed by atoms with van der Waals surface area (Å²) in [5.74, 6) is 0.807. The Hall–Kier alpha value is -1.79. The smallest absolute Gasteiger partial charge is 0.185 e. The molecule has 0 radical (unpaired) electrons. The summed E-state index contributed by atoms with van der Waals surface area (Å²) >= 11 is 5.07. The first-order chi connectivity index (χ1) is 9.17. The summed E-state index contributed by atoms with van der Waals surface area (Å²) in [6.07, 6.45) is 0. The Morgan fingerprint density at radius 1 is 1.21 bits per heavy atom. The number of methoxy groups -OCH3 is 2. The van der Waals surface area contributed by atoms with Crippen molar-refractivity contribution in [2.24, 2.45) is 0 Å². The monoisotopic (exact) mass is 281 g/mol. The van der Waals surface area contributed by atoms with Crippen LogP contribution in [0.25, 0.3) is 5.70 Å². The van der Waals surface area contributed by atoms with E-state index < -0.39 is 0 Å². The molecule has 19 heavy (non-hydrogen) atoms. The molecule has 6 heteroatoms. The molecule has 0 amide bonds. The number of hydrazine groups is 1. The molecule has 0 fully saturated rings. The number of rotatable bonds is 7. The highest BCUT2D eigenvalue weighted by atomic mass is 32.1. The molecule has 0 aliphatic rings. The molecule has 5 nitrogen and oxygen atoms in total. The molecule has 0 aliphatic heterocycles. The summed E-state index contributed by atoms with van der Waals surface area (Å²) < 4.78 is 10.0. The Labute approximate surface area is 119 Å². The Kier molecular flexibility index (Phi) is 6.70. The van der Waals surface area contributed by atoms with E-state index in [2.05, 4.69) is 22.7 Å². The van der Waals surface area contributed by atoms with Crippen LogP contribution in [0.2, 0.25) is 0 Å². The van der Waals surface area contributed by atoms with Crippen LogP contribution >= 0.6 is 12.2 Å². The molecule has 0 saturated heterocycles. The molecule has 0 atom stereocenters. The van der Waals surface area contributed by atoms with Crippen LogP contribution in [0.15, 0.2) is 30.8 Å². The fourth-order valence-corrected chi connectivity index (χ4v) is 1.46. The molecular weight excluding hydrogens is 262 g/mol. The predicted molar refractivity (Wildman–Crippen MR) is 80.8 cm³/mol. The van der Waals surface area contributed by atoms with Gasteiger partial charge in [0.2, 0.25) is 0 Å². The van der Waals surface area contributed by atoms with Crippen molar-refractivity contribution in [2.45, 2.75) is 0 Å². The molecule has 0 saturated carbocycles. The lowest BCUT2D eigenvalue weighted by Gasteiger charge is -2.14. The van der Waals surface area contributed by atoms with Crippen molar-refractivity contribution >= 4 is 23.0 Å². The van der Waals surface area contributed by atoms with Gasteiger partial charge in [-0.05, 0) is 42.0 Å². The van der Waals surface area contributed by atoms with Crippen molar-refractivity contribution in [2.75, 3.05) is 27.4 Å². The molecule has 104 valence electrons. The lowest BCUT2D eigenvalue weighted by atomic mass is 10.2. The molecule has 1 aromatic rings. The first kappa shape index (κ1) is 15.3. The van der Waals surface area contributed by atoms with Crippen LogP contribution in [-0.2, 0) is 4.74 Å². The minimum Gasteiger partial charge on any atom is -0.497 e. The Balaban J connectivity index is 2.35. The summed E-state index contributed by atoms with van der Waals surface area (Å²) in [5, 5.41) is 3.47. The van der Waals surface area contributed by atoms with Gasteiger partial charge in [0.1, 0.15) is 5.75 Å². The Morgan fingerprint density at radius 2 is 1.89 bits per heavy atom. The molecule has 1 rings (SSSR count). The van der Waals surface area contributed by atoms with Gasteiger partial charge < -0.3 is 14.8 Å². The lowest BCUT2D eigenvalue weighted by molar-refractivity contribution is 0.204. The summed E-state index contributed by atoms with van der Waals surface area (Å²) in [7, 11) is 3.27. The molecule has 0 aromatic heterocycles. The van der Waals surface area contributed by atoms with E-state index in [1.54, 1.807) is 14.2 Å². The second kappa shape index (κ2) is 8.34. The molecule has 0 spiro atoms. The number of thiocarbonyl (C=S) groups is 1. The number of ether oxygens (including phenoxy) is 2. The van der Waals surface area contributed by atoms with Crippen molar-refractivity contribution < 1.29 is 9.47 Å². The number of benzene rings is 1. The van der Waals surface area contributed by atoms with Gasteiger partial charge in [0.15, 0.2) is 5.11 Å². The van der Waals surface area contributed by atoms with Gasteiger partial charge in [0.25, 0.3) is 0 Å². The van der Waals surface area contributed by atoms with Crippen molar-refractivity contribution in [1.29, 1.82) is 0 Å². The third-order valence-electron chi connectivity index (χ3n) is 2.36. The lowest BCUT2D eigenvalue weighted by Crippen LogP contribution is -2.43. The topological polar surface area (TPSA) is 54.5 Å². The van der Waals surface area contributed by atoms with Crippen molar-refractivity contribution in [3.8, 4) is 5.75 Å². The van der Waals surface area contributed by atoms with Gasteiger partial charge in [-0.15, -0.1) is 0 Å². The molecular formula is C13H19N3O2S. The fraction of sp³-hybridized carbons (Fsp3) is 0.308. The summed E-state index contributed by atoms with van der Waals surface area (Å²) in [6, 6.07) is 7.57. The van der Waals surface area contributed by atoms with Gasteiger partial charge in [-0.3, -0.25) is 10.9 Å². The minimum atomic E-state index is 0.492. The zero-order valence-corrected chi connectivity index (χ0v) is 12.0. The van der Waals surface area contributed by atoms with E-state index in [0.717, 1.165) is 17.0 Å². The number of hydrogen-bond donors (Lipinski definition) is 3. The molecule has 0 aliphatic carbocycles. The summed E-state index contributed by atoms with van der Waals surface area (Å²) in [6.45, 7) is 5.17. The quantitative estimate of drug-likeness (QED) is 0.398. The van der Waals surface area contributed by atoms with Crippen molar-refractivity contribution in [3.05, 3.63) is 36.4 Å². The highest BCUT2D eigenvalue weighted by Gasteiger charge is 2.00. The van der Waals surface area contributed by atoms with Crippen LogP contribution in [0.5, 0.6) is 5.75 Å². The van der Waals surface area contributed by atoms with Crippen LogP contribution < -0.4 is 20.9 Å². The second-order valence-corrected chi connectivity index (χ2v) is 4.11. The van der Waals surface area contributed by atoms with E-state index in [4.69, 9.17) is 21.7 Å². The van der Waals surface area contributed by atoms with Crippen LogP contribution in [0, 0.1) is 0 Å². The number of nitrogens with one attached hydrogen (secondary N) is 3. The molecule has 0 heterocycles. The fourth-order valence-electron chi connectivity index (χ4n) is 1.31. The maximum Gasteiger partial charge on any atom is 0.185 e. The largest absolute Gasteiger partial charge is 0.497 e. The van der Waals surface area contributed by atoms with Crippen molar-refractivity contribution in [1.82, 2.24) is 16.2 Å². The zero-order chi connectivity index (χ0) is 14.1. The summed E-state index contributed by atoms with van der Waals surface area (Å²) in [5.41, 5.74) is 7.46. The van der Waals surface area contributed by atoms with Crippen LogP contribution in [0.1, 0.15) is 5.56 Å². The maximum absolute atomic E-state index is 5.09. The molecule has 0 bridgehead atoms. The van der Waals surface area contributed by atoms with Crippen LogP contribution in [0.4, 0.5) is 0 Å². The van der Waals surface area contributed by atoms with Gasteiger partial charge in [0.05, 0.1) is 19.4 Å². The molecule has 3 N–H and O–H groups in total. The van der Waals surface area contributed by atoms with Crippen molar-refractivity contribution in [3.63, 3.8) is 0 Å². The third kappa shape index (κ3) is 5.58. The highest BCUT2D eigenvalue weighted by Crippen LogP contribution is 2.14. The van der Waals surface area contributed by atoms with E-state index >= 15 is 0 Å². The van der Waals surface area contributed by atoms with Gasteiger partial charge in [-0.2, -0.15) is 0 Å². The highest BCUT2D eigenvalue weighted by molar-refractivity contribution is 7.80. The predicted octanol–water partition coefficient (Wildman–Crippen LogP) is 1.28. The maximum atomic E-state index is 5.09. The average Bonchev–Trinajstić information content (AvgIpc) is 2.45.